The fraction of sp³-hybridized carbons (Fsp3) is 0.200. The first-order valence-electron chi connectivity index (χ1n) is 6.56. The van der Waals surface area contributed by atoms with Crippen LogP contribution in [0.3, 0.4) is 0 Å². The highest BCUT2D eigenvalue weighted by molar-refractivity contribution is 9.10. The van der Waals surface area contributed by atoms with Gasteiger partial charge in [-0.05, 0) is 52.3 Å². The molecule has 0 aliphatic rings. The van der Waals surface area contributed by atoms with Crippen molar-refractivity contribution in [3.63, 3.8) is 0 Å². The minimum atomic E-state index is -0.329. The molecule has 2 N–H and O–H groups in total. The van der Waals surface area contributed by atoms with E-state index in [-0.39, 0.29) is 17.6 Å². The summed E-state index contributed by atoms with van der Waals surface area (Å²) in [5, 5.41) is 5.36. The molecule has 116 valence electrons. The van der Waals surface area contributed by atoms with Crippen molar-refractivity contribution in [2.75, 3.05) is 20.2 Å². The van der Waals surface area contributed by atoms with Gasteiger partial charge in [0.05, 0.1) is 7.11 Å². The van der Waals surface area contributed by atoms with Crippen LogP contribution >= 0.6 is 15.9 Å². The van der Waals surface area contributed by atoms with Crippen molar-refractivity contribution in [1.29, 1.82) is 0 Å². The quantitative estimate of drug-likeness (QED) is 0.768. The molecule has 2 rings (SSSR count). The molecule has 2 aromatic rings. The fourth-order valence-corrected chi connectivity index (χ4v) is 2.03. The van der Waals surface area contributed by atoms with Crippen molar-refractivity contribution >= 4 is 27.7 Å². The van der Waals surface area contributed by atoms with Crippen LogP contribution in [-0.4, -0.2) is 32.0 Å². The molecule has 22 heavy (non-hydrogen) atoms. The maximum absolute atomic E-state index is 11.9. The maximum Gasteiger partial charge on any atom is 0.287 e. The third-order valence-corrected chi connectivity index (χ3v) is 3.27. The average molecular weight is 367 g/mol. The summed E-state index contributed by atoms with van der Waals surface area (Å²) in [5.41, 5.74) is 0.530. The summed E-state index contributed by atoms with van der Waals surface area (Å²) < 4.78 is 10.6. The predicted octanol–water partition coefficient (Wildman–Crippen LogP) is 2.21. The van der Waals surface area contributed by atoms with E-state index in [0.29, 0.717) is 29.1 Å². The van der Waals surface area contributed by atoms with Crippen LogP contribution in [0.25, 0.3) is 0 Å². The van der Waals surface area contributed by atoms with Crippen LogP contribution < -0.4 is 15.4 Å². The van der Waals surface area contributed by atoms with Crippen molar-refractivity contribution < 1.29 is 18.7 Å². The normalized spacial score (nSPS) is 10.1. The fourth-order valence-electron chi connectivity index (χ4n) is 1.72. The number of rotatable bonds is 6. The van der Waals surface area contributed by atoms with Gasteiger partial charge in [0.1, 0.15) is 5.75 Å². The molecule has 0 fully saturated rings. The Morgan fingerprint density at radius 3 is 2.23 bits per heavy atom. The second-order valence-electron chi connectivity index (χ2n) is 4.34. The molecule has 0 saturated heterocycles. The largest absolute Gasteiger partial charge is 0.497 e. The number of benzene rings is 1. The zero-order valence-corrected chi connectivity index (χ0v) is 13.5. The van der Waals surface area contributed by atoms with E-state index >= 15 is 0 Å². The van der Waals surface area contributed by atoms with Crippen LogP contribution in [0.1, 0.15) is 20.9 Å². The molecule has 2 amide bonds. The molecular formula is C15H15BrN2O4. The number of hydrogen-bond acceptors (Lipinski definition) is 4. The molecule has 1 aromatic heterocycles. The topological polar surface area (TPSA) is 80.6 Å². The van der Waals surface area contributed by atoms with Crippen LogP contribution in [0.15, 0.2) is 45.5 Å². The molecule has 0 radical (unpaired) electrons. The molecule has 0 saturated carbocycles. The minimum absolute atomic E-state index is 0.211. The molecule has 6 nitrogen and oxygen atoms in total. The van der Waals surface area contributed by atoms with Gasteiger partial charge in [-0.15, -0.1) is 0 Å². The van der Waals surface area contributed by atoms with Gasteiger partial charge in [0.25, 0.3) is 11.8 Å². The Labute approximate surface area is 136 Å². The van der Waals surface area contributed by atoms with E-state index in [1.54, 1.807) is 43.5 Å². The van der Waals surface area contributed by atoms with Gasteiger partial charge >= 0.3 is 0 Å². The maximum atomic E-state index is 11.9. The van der Waals surface area contributed by atoms with E-state index in [4.69, 9.17) is 9.15 Å². The minimum Gasteiger partial charge on any atom is -0.497 e. The molecule has 0 aliphatic heterocycles. The van der Waals surface area contributed by atoms with Gasteiger partial charge in [-0.25, -0.2) is 0 Å². The summed E-state index contributed by atoms with van der Waals surface area (Å²) >= 11 is 3.12. The Balaban J connectivity index is 1.73. The highest BCUT2D eigenvalue weighted by Gasteiger charge is 2.10. The molecule has 0 atom stereocenters. The summed E-state index contributed by atoms with van der Waals surface area (Å²) in [5.74, 6) is 0.365. The van der Waals surface area contributed by atoms with E-state index < -0.39 is 0 Å². The Morgan fingerprint density at radius 2 is 1.68 bits per heavy atom. The van der Waals surface area contributed by atoms with Crippen LogP contribution in [0, 0.1) is 0 Å². The van der Waals surface area contributed by atoms with Crippen molar-refractivity contribution in [2.45, 2.75) is 0 Å². The number of nitrogens with one attached hydrogen (secondary N) is 2. The first-order valence-corrected chi connectivity index (χ1v) is 7.35. The summed E-state index contributed by atoms with van der Waals surface area (Å²) in [6.45, 7) is 0.623. The van der Waals surface area contributed by atoms with Crippen LogP contribution in [0.5, 0.6) is 5.75 Å². The van der Waals surface area contributed by atoms with E-state index in [1.807, 2.05) is 0 Å². The summed E-state index contributed by atoms with van der Waals surface area (Å²) in [6.07, 6.45) is 0. The lowest BCUT2D eigenvalue weighted by Gasteiger charge is -2.07. The molecule has 0 aliphatic carbocycles. The number of methoxy groups -OCH3 is 1. The number of furan rings is 1. The Bertz CT molecular complexity index is 652. The van der Waals surface area contributed by atoms with E-state index in [0.717, 1.165) is 0 Å². The highest BCUT2D eigenvalue weighted by Crippen LogP contribution is 2.13. The smallest absolute Gasteiger partial charge is 0.287 e. The van der Waals surface area contributed by atoms with Gasteiger partial charge in [0.2, 0.25) is 0 Å². The molecule has 1 aromatic carbocycles. The average Bonchev–Trinajstić information content (AvgIpc) is 2.98. The van der Waals surface area contributed by atoms with Crippen LogP contribution in [0.2, 0.25) is 0 Å². The number of carbonyl (C=O) groups excluding carboxylic acids is 2. The number of amides is 2. The number of ether oxygens (including phenoxy) is 1. The Kier molecular flexibility index (Phi) is 5.60. The monoisotopic (exact) mass is 366 g/mol. The second kappa shape index (κ2) is 7.65. The van der Waals surface area contributed by atoms with Crippen molar-refractivity contribution in [1.82, 2.24) is 10.6 Å². The third kappa shape index (κ3) is 4.36. The summed E-state index contributed by atoms with van der Waals surface area (Å²) in [6, 6.07) is 9.98. The first kappa shape index (κ1) is 16.1. The van der Waals surface area contributed by atoms with Gasteiger partial charge in [0, 0.05) is 18.7 Å². The standard InChI is InChI=1S/C15H15BrN2O4/c1-21-11-4-2-10(3-5-11)14(19)17-8-9-18-15(20)12-6-7-13(16)22-12/h2-7H,8-9H2,1H3,(H,17,19)(H,18,20). The molecular weight excluding hydrogens is 352 g/mol. The summed E-state index contributed by atoms with van der Waals surface area (Å²) in [7, 11) is 1.56. The van der Waals surface area contributed by atoms with Gasteiger partial charge < -0.3 is 19.8 Å². The molecule has 0 unspecified atom stereocenters. The number of halogens is 1. The number of hydrogen-bond donors (Lipinski definition) is 2. The highest BCUT2D eigenvalue weighted by atomic mass is 79.9. The van der Waals surface area contributed by atoms with E-state index in [1.165, 1.54) is 0 Å². The third-order valence-electron chi connectivity index (χ3n) is 2.85. The van der Waals surface area contributed by atoms with E-state index in [9.17, 15) is 9.59 Å². The SMILES string of the molecule is COc1ccc(C(=O)NCCNC(=O)c2ccc(Br)o2)cc1. The number of carbonyl (C=O) groups is 2. The lowest BCUT2D eigenvalue weighted by molar-refractivity contribution is 0.0909. The lowest BCUT2D eigenvalue weighted by atomic mass is 10.2. The van der Waals surface area contributed by atoms with Gasteiger partial charge in [-0.2, -0.15) is 0 Å². The lowest BCUT2D eigenvalue weighted by Crippen LogP contribution is -2.34. The predicted molar refractivity (Wildman–Crippen MR) is 84.1 cm³/mol. The Hall–Kier alpha value is -2.28. The van der Waals surface area contributed by atoms with Gasteiger partial charge in [0.15, 0.2) is 10.4 Å². The molecule has 7 heteroatoms. The van der Waals surface area contributed by atoms with E-state index in [2.05, 4.69) is 26.6 Å². The molecule has 0 spiro atoms. The van der Waals surface area contributed by atoms with Crippen molar-refractivity contribution in [3.8, 4) is 5.75 Å². The van der Waals surface area contributed by atoms with Crippen molar-refractivity contribution in [2.24, 2.45) is 0 Å². The van der Waals surface area contributed by atoms with Gasteiger partial charge in [-0.1, -0.05) is 0 Å². The van der Waals surface area contributed by atoms with Crippen molar-refractivity contribution in [3.05, 3.63) is 52.4 Å². The molecule has 0 bridgehead atoms. The Morgan fingerprint density at radius 1 is 1.05 bits per heavy atom. The first-order chi connectivity index (χ1) is 10.6. The van der Waals surface area contributed by atoms with Crippen LogP contribution in [-0.2, 0) is 0 Å². The molecule has 1 heterocycles. The zero-order valence-electron chi connectivity index (χ0n) is 11.9. The zero-order chi connectivity index (χ0) is 15.9. The summed E-state index contributed by atoms with van der Waals surface area (Å²) in [4.78, 5) is 23.6. The van der Waals surface area contributed by atoms with Gasteiger partial charge in [-0.3, -0.25) is 9.59 Å². The van der Waals surface area contributed by atoms with Crippen LogP contribution in [0.4, 0.5) is 0 Å². The second-order valence-corrected chi connectivity index (χ2v) is 5.13.